The second-order valence-corrected chi connectivity index (χ2v) is 13.6. The monoisotopic (exact) mass is 544 g/mol. The molecule has 3 nitrogen and oxygen atoms in total. The second kappa shape index (κ2) is 7.45. The maximum atomic E-state index is 11.8. The average molecular weight is 546 g/mol. The molecule has 4 aliphatic carbocycles. The van der Waals surface area contributed by atoms with Gasteiger partial charge in [0.15, 0.2) is 0 Å². The van der Waals surface area contributed by atoms with E-state index in [-0.39, 0.29) is 17.0 Å². The smallest absolute Gasteiger partial charge is 0.305 e. The summed E-state index contributed by atoms with van der Waals surface area (Å²) in [5, 5.41) is 0. The summed E-state index contributed by atoms with van der Waals surface area (Å²) in [4.78, 5) is 12.5. The first kappa shape index (κ1) is 22.2. The van der Waals surface area contributed by atoms with Gasteiger partial charge in [-0.3, -0.25) is 4.79 Å². The van der Waals surface area contributed by atoms with Crippen LogP contribution in [0.25, 0.3) is 0 Å². The van der Waals surface area contributed by atoms with Crippen molar-refractivity contribution in [3.8, 4) is 0 Å². The predicted octanol–water partition coefficient (Wildman–Crippen LogP) is 6.50. The lowest BCUT2D eigenvalue weighted by Gasteiger charge is -2.74. The molecule has 0 radical (unpaired) electrons. The second-order valence-electron chi connectivity index (χ2n) is 11.7. The van der Waals surface area contributed by atoms with E-state index >= 15 is 0 Å². The summed E-state index contributed by atoms with van der Waals surface area (Å²) in [7, 11) is 1.50. The zero-order valence-electron chi connectivity index (χ0n) is 19.0. The van der Waals surface area contributed by atoms with Gasteiger partial charge < -0.3 is 9.47 Å². The Morgan fingerprint density at radius 2 is 1.83 bits per heavy atom. The Balaban J connectivity index is 1.48. The zero-order chi connectivity index (χ0) is 21.5. The fourth-order valence-electron chi connectivity index (χ4n) is 9.40. The van der Waals surface area contributed by atoms with Crippen LogP contribution in [0.3, 0.4) is 0 Å². The zero-order valence-corrected chi connectivity index (χ0v) is 22.1. The highest BCUT2D eigenvalue weighted by Gasteiger charge is 2.76. The molecule has 30 heavy (non-hydrogen) atoms. The topological polar surface area (TPSA) is 35.5 Å². The van der Waals surface area contributed by atoms with Crippen LogP contribution in [0.1, 0.15) is 78.6 Å². The van der Waals surface area contributed by atoms with Gasteiger partial charge >= 0.3 is 5.97 Å². The molecule has 4 bridgehead atoms. The molecule has 0 aromatic heterocycles. The number of fused-ring (bicyclic) bond motifs is 3. The number of methoxy groups -OCH3 is 1. The van der Waals surface area contributed by atoms with E-state index in [0.29, 0.717) is 51.3 Å². The molecule has 2 aliphatic heterocycles. The lowest BCUT2D eigenvalue weighted by atomic mass is 9.40. The molecule has 11 atom stereocenters. The maximum absolute atomic E-state index is 11.8. The highest BCUT2D eigenvalue weighted by Crippen LogP contribution is 2.75. The third-order valence-electron chi connectivity index (χ3n) is 10.9. The highest BCUT2D eigenvalue weighted by atomic mass is 79.9. The number of alkyl halides is 2. The molecule has 2 heterocycles. The van der Waals surface area contributed by atoms with Gasteiger partial charge in [-0.25, -0.2) is 0 Å². The average Bonchev–Trinajstić information content (AvgIpc) is 3.08. The quantitative estimate of drug-likeness (QED) is 0.298. The van der Waals surface area contributed by atoms with Crippen LogP contribution in [-0.4, -0.2) is 34.4 Å². The number of esters is 1. The largest absolute Gasteiger partial charge is 0.469 e. The molecule has 0 N–H and O–H groups in total. The van der Waals surface area contributed by atoms with Gasteiger partial charge in [0.05, 0.1) is 23.6 Å². The van der Waals surface area contributed by atoms with E-state index in [1.807, 2.05) is 0 Å². The van der Waals surface area contributed by atoms with Gasteiger partial charge in [-0.2, -0.15) is 0 Å². The number of hydrogen-bond donors (Lipinski definition) is 0. The normalized spacial score (nSPS) is 54.9. The summed E-state index contributed by atoms with van der Waals surface area (Å²) in [6, 6.07) is 0. The number of ether oxygens (including phenoxy) is 2. The summed E-state index contributed by atoms with van der Waals surface area (Å²) < 4.78 is 12.1. The van der Waals surface area contributed by atoms with Gasteiger partial charge in [-0.05, 0) is 86.4 Å². The minimum Gasteiger partial charge on any atom is -0.469 e. The number of carbonyl (C=O) groups excluding carboxylic acids is 1. The van der Waals surface area contributed by atoms with Crippen LogP contribution < -0.4 is 0 Å². The van der Waals surface area contributed by atoms with Crippen molar-refractivity contribution < 1.29 is 14.3 Å². The molecule has 4 saturated carbocycles. The van der Waals surface area contributed by atoms with Crippen LogP contribution in [0.5, 0.6) is 0 Å². The van der Waals surface area contributed by atoms with Crippen molar-refractivity contribution in [2.24, 2.45) is 40.4 Å². The van der Waals surface area contributed by atoms with Crippen LogP contribution in [0.4, 0.5) is 0 Å². The van der Waals surface area contributed by atoms with Crippen LogP contribution >= 0.6 is 31.9 Å². The molecule has 6 fully saturated rings. The van der Waals surface area contributed by atoms with Crippen molar-refractivity contribution in [1.82, 2.24) is 0 Å². The van der Waals surface area contributed by atoms with E-state index in [1.165, 1.54) is 52.1 Å². The van der Waals surface area contributed by atoms with Crippen molar-refractivity contribution in [2.75, 3.05) is 7.11 Å². The minimum absolute atomic E-state index is 0.0143. The van der Waals surface area contributed by atoms with Gasteiger partial charge in [0, 0.05) is 16.7 Å². The molecule has 5 heteroatoms. The first-order valence-corrected chi connectivity index (χ1v) is 14.1. The fraction of sp³-hybridized carbons (Fsp3) is 0.960. The van der Waals surface area contributed by atoms with Crippen LogP contribution in [0.2, 0.25) is 0 Å². The molecule has 1 unspecified atom stereocenters. The Hall–Kier alpha value is 0.390. The Morgan fingerprint density at radius 1 is 1.10 bits per heavy atom. The van der Waals surface area contributed by atoms with Crippen molar-refractivity contribution in [1.29, 1.82) is 0 Å². The summed E-state index contributed by atoms with van der Waals surface area (Å²) >= 11 is 8.57. The van der Waals surface area contributed by atoms with Gasteiger partial charge in [0.25, 0.3) is 0 Å². The Bertz CT molecular complexity index is 715. The van der Waals surface area contributed by atoms with Crippen molar-refractivity contribution in [3.63, 3.8) is 0 Å². The number of rotatable bonds is 4. The molecule has 0 aromatic rings. The third kappa shape index (κ3) is 2.67. The van der Waals surface area contributed by atoms with E-state index in [9.17, 15) is 4.79 Å². The standard InChI is InChI=1S/C25H38Br2O3/c1-14(5-10-20(28)29-4)17-8-9-18-19-7-6-15-13-16-11-12-23(15,2)25(19,30-16)22(27)21(26)24(17,18)3/h14-19,21-22H,5-13H2,1-4H3/t14-,15+,16+,17-,18+,19-,21-,22+,23-,24+,25?/m1/s1. The fourth-order valence-corrected chi connectivity index (χ4v) is 12.0. The van der Waals surface area contributed by atoms with Crippen molar-refractivity contribution >= 4 is 37.8 Å². The molecule has 170 valence electrons. The van der Waals surface area contributed by atoms with Gasteiger partial charge in [-0.1, -0.05) is 52.6 Å². The minimum atomic E-state index is -0.0733. The summed E-state index contributed by atoms with van der Waals surface area (Å²) in [6.07, 6.45) is 11.1. The Morgan fingerprint density at radius 3 is 2.57 bits per heavy atom. The molecule has 6 aliphatic rings. The molecular formula is C25H38Br2O3. The van der Waals surface area contributed by atoms with Gasteiger partial charge in [-0.15, -0.1) is 0 Å². The lowest BCUT2D eigenvalue weighted by Crippen LogP contribution is -2.77. The van der Waals surface area contributed by atoms with Crippen molar-refractivity contribution in [2.45, 2.75) is 99.9 Å². The number of carbonyl (C=O) groups is 1. The molecule has 2 saturated heterocycles. The van der Waals surface area contributed by atoms with Crippen molar-refractivity contribution in [3.05, 3.63) is 0 Å². The Labute approximate surface area is 199 Å². The molecular weight excluding hydrogens is 508 g/mol. The molecule has 1 spiro atoms. The predicted molar refractivity (Wildman–Crippen MR) is 126 cm³/mol. The van der Waals surface area contributed by atoms with E-state index in [2.05, 4.69) is 52.6 Å². The van der Waals surface area contributed by atoms with Crippen LogP contribution in [0, 0.1) is 40.4 Å². The third-order valence-corrected chi connectivity index (χ3v) is 14.4. The molecule has 6 rings (SSSR count). The SMILES string of the molecule is COC(=O)CC[C@@H](C)[C@H]1CC[C@H]2[C@H]3CC[C@H]4C[C@@H]5CC[C@@]4(C)C3(O5)[C@@H](Br)[C@@H](Br)[C@@]12C. The van der Waals surface area contributed by atoms with E-state index in [0.717, 1.165) is 12.3 Å². The van der Waals surface area contributed by atoms with E-state index < -0.39 is 0 Å². The summed E-state index contributed by atoms with van der Waals surface area (Å²) in [5.74, 6) is 3.29. The first-order valence-electron chi connectivity index (χ1n) is 12.2. The maximum Gasteiger partial charge on any atom is 0.305 e. The van der Waals surface area contributed by atoms with E-state index in [4.69, 9.17) is 9.47 Å². The molecule has 0 amide bonds. The van der Waals surface area contributed by atoms with Gasteiger partial charge in [0.1, 0.15) is 0 Å². The highest BCUT2D eigenvalue weighted by molar-refractivity contribution is 9.12. The summed E-state index contributed by atoms with van der Waals surface area (Å²) in [5.41, 5.74) is 0.531. The first-order chi connectivity index (χ1) is 14.2. The van der Waals surface area contributed by atoms with Gasteiger partial charge in [0.2, 0.25) is 0 Å². The van der Waals surface area contributed by atoms with E-state index in [1.54, 1.807) is 0 Å². The molecule has 0 aromatic carbocycles. The number of halogens is 2. The Kier molecular flexibility index (Phi) is 5.51. The lowest BCUT2D eigenvalue weighted by molar-refractivity contribution is -0.325. The number of hydrogen-bond acceptors (Lipinski definition) is 3. The van der Waals surface area contributed by atoms with Crippen LogP contribution in [0.15, 0.2) is 0 Å². The van der Waals surface area contributed by atoms with Crippen LogP contribution in [-0.2, 0) is 14.3 Å². The summed E-state index contributed by atoms with van der Waals surface area (Å²) in [6.45, 7) is 7.49.